The van der Waals surface area contributed by atoms with Crippen LogP contribution in [0.5, 0.6) is 5.75 Å². The average Bonchev–Trinajstić information content (AvgIpc) is 3.10. The lowest BCUT2D eigenvalue weighted by Gasteiger charge is -2.26. The van der Waals surface area contributed by atoms with Gasteiger partial charge in [-0.25, -0.2) is 0 Å². The summed E-state index contributed by atoms with van der Waals surface area (Å²) in [5.41, 5.74) is 3.47. The number of halogens is 1. The Morgan fingerprint density at radius 1 is 1.19 bits per heavy atom. The molecule has 2 aromatic carbocycles. The van der Waals surface area contributed by atoms with Gasteiger partial charge in [0.25, 0.3) is 5.91 Å². The van der Waals surface area contributed by atoms with Gasteiger partial charge >= 0.3 is 0 Å². The molecule has 132 valence electrons. The number of rotatable bonds is 4. The second-order valence-electron chi connectivity index (χ2n) is 6.31. The van der Waals surface area contributed by atoms with Crippen LogP contribution in [0.15, 0.2) is 60.8 Å². The minimum atomic E-state index is 0.00913. The number of carbonyl (C=O) groups is 1. The fourth-order valence-electron chi connectivity index (χ4n) is 3.26. The van der Waals surface area contributed by atoms with Gasteiger partial charge in [-0.2, -0.15) is 0 Å². The summed E-state index contributed by atoms with van der Waals surface area (Å²) in [5, 5.41) is 1.88. The van der Waals surface area contributed by atoms with E-state index in [0.717, 1.165) is 22.3 Å². The SMILES string of the molecule is O=C(COc1ccccc1)N1CC=C(c2c[nH]c3cc(Cl)ccc23)CC1. The van der Waals surface area contributed by atoms with E-state index < -0.39 is 0 Å². The zero-order valence-electron chi connectivity index (χ0n) is 14.2. The molecule has 4 rings (SSSR count). The number of benzene rings is 2. The molecule has 1 amide bonds. The number of hydrogen-bond donors (Lipinski definition) is 1. The van der Waals surface area contributed by atoms with Crippen LogP contribution >= 0.6 is 11.6 Å². The highest BCUT2D eigenvalue weighted by molar-refractivity contribution is 6.31. The number of fused-ring (bicyclic) bond motifs is 1. The molecule has 0 saturated heterocycles. The van der Waals surface area contributed by atoms with Crippen molar-refractivity contribution in [1.82, 2.24) is 9.88 Å². The van der Waals surface area contributed by atoms with E-state index in [4.69, 9.17) is 16.3 Å². The van der Waals surface area contributed by atoms with Crippen LogP contribution in [0.1, 0.15) is 12.0 Å². The molecule has 0 bridgehead atoms. The number of amides is 1. The first kappa shape index (κ1) is 16.7. The number of nitrogens with one attached hydrogen (secondary N) is 1. The average molecular weight is 367 g/mol. The number of aromatic nitrogens is 1. The summed E-state index contributed by atoms with van der Waals surface area (Å²) in [4.78, 5) is 17.5. The van der Waals surface area contributed by atoms with Crippen molar-refractivity contribution >= 4 is 34.0 Å². The second-order valence-corrected chi connectivity index (χ2v) is 6.75. The van der Waals surface area contributed by atoms with Crippen molar-refractivity contribution in [2.24, 2.45) is 0 Å². The van der Waals surface area contributed by atoms with Crippen molar-refractivity contribution in [2.75, 3.05) is 19.7 Å². The van der Waals surface area contributed by atoms with Crippen LogP contribution in [-0.2, 0) is 4.79 Å². The predicted molar refractivity (Wildman–Crippen MR) is 104 cm³/mol. The Bertz CT molecular complexity index is 963. The van der Waals surface area contributed by atoms with Crippen LogP contribution in [0, 0.1) is 0 Å². The van der Waals surface area contributed by atoms with Crippen molar-refractivity contribution in [1.29, 1.82) is 0 Å². The summed E-state index contributed by atoms with van der Waals surface area (Å²) in [6.07, 6.45) is 4.97. The standard InChI is InChI=1S/C21H19ClN2O2/c22-16-6-7-18-19(13-23-20(18)12-16)15-8-10-24(11-9-15)21(25)14-26-17-4-2-1-3-5-17/h1-8,12-13,23H,9-11,14H2. The van der Waals surface area contributed by atoms with Gasteiger partial charge in [0.05, 0.1) is 0 Å². The van der Waals surface area contributed by atoms with E-state index in [-0.39, 0.29) is 12.5 Å². The fraction of sp³-hybridized carbons (Fsp3) is 0.190. The maximum Gasteiger partial charge on any atom is 0.260 e. The van der Waals surface area contributed by atoms with Crippen molar-refractivity contribution in [3.8, 4) is 5.75 Å². The summed E-state index contributed by atoms with van der Waals surface area (Å²) in [5.74, 6) is 0.724. The molecule has 5 heteroatoms. The number of H-pyrrole nitrogens is 1. The maximum absolute atomic E-state index is 12.4. The second kappa shape index (κ2) is 7.26. The highest BCUT2D eigenvalue weighted by Gasteiger charge is 2.19. The summed E-state index contributed by atoms with van der Waals surface area (Å²) in [6, 6.07) is 15.3. The van der Waals surface area contributed by atoms with E-state index in [0.29, 0.717) is 18.8 Å². The van der Waals surface area contributed by atoms with Crippen molar-refractivity contribution in [3.05, 3.63) is 71.4 Å². The molecule has 0 saturated carbocycles. The number of carbonyl (C=O) groups excluding carboxylic acids is 1. The zero-order chi connectivity index (χ0) is 17.9. The number of nitrogens with zero attached hydrogens (tertiary/aromatic N) is 1. The van der Waals surface area contributed by atoms with E-state index in [2.05, 4.69) is 11.1 Å². The lowest BCUT2D eigenvalue weighted by molar-refractivity contribution is -0.132. The number of aromatic amines is 1. The molecule has 1 N–H and O–H groups in total. The Labute approximate surface area is 157 Å². The number of ether oxygens (including phenoxy) is 1. The predicted octanol–water partition coefficient (Wildman–Crippen LogP) is 4.52. The minimum absolute atomic E-state index is 0.00913. The van der Waals surface area contributed by atoms with Gasteiger partial charge in [-0.1, -0.05) is 41.9 Å². The van der Waals surface area contributed by atoms with E-state index >= 15 is 0 Å². The molecule has 0 radical (unpaired) electrons. The molecule has 1 aliphatic rings. The molecule has 4 nitrogen and oxygen atoms in total. The van der Waals surface area contributed by atoms with Gasteiger partial charge in [0, 0.05) is 40.8 Å². The third kappa shape index (κ3) is 3.46. The Hall–Kier alpha value is -2.72. The van der Waals surface area contributed by atoms with Crippen LogP contribution < -0.4 is 4.74 Å². The minimum Gasteiger partial charge on any atom is -0.484 e. The lowest BCUT2D eigenvalue weighted by atomic mass is 9.99. The number of para-hydroxylation sites is 1. The normalized spacial score (nSPS) is 14.3. The molecule has 1 aliphatic heterocycles. The first-order valence-corrected chi connectivity index (χ1v) is 9.00. The molecule has 0 fully saturated rings. The van der Waals surface area contributed by atoms with Gasteiger partial charge in [-0.3, -0.25) is 4.79 Å². The Balaban J connectivity index is 1.42. The van der Waals surface area contributed by atoms with E-state index in [9.17, 15) is 4.79 Å². The zero-order valence-corrected chi connectivity index (χ0v) is 15.0. The van der Waals surface area contributed by atoms with E-state index in [1.165, 1.54) is 11.1 Å². The van der Waals surface area contributed by atoms with Crippen molar-refractivity contribution in [3.63, 3.8) is 0 Å². The van der Waals surface area contributed by atoms with Crippen LogP contribution in [0.2, 0.25) is 5.02 Å². The highest BCUT2D eigenvalue weighted by Crippen LogP contribution is 2.30. The molecule has 2 heterocycles. The van der Waals surface area contributed by atoms with E-state index in [1.54, 1.807) is 0 Å². The lowest BCUT2D eigenvalue weighted by Crippen LogP contribution is -2.37. The first-order chi connectivity index (χ1) is 12.7. The molecule has 0 unspecified atom stereocenters. The Kier molecular flexibility index (Phi) is 4.67. The Morgan fingerprint density at radius 2 is 2.04 bits per heavy atom. The summed E-state index contributed by atoms with van der Waals surface area (Å²) in [6.45, 7) is 1.37. The van der Waals surface area contributed by atoms with Gasteiger partial charge in [-0.05, 0) is 36.3 Å². The van der Waals surface area contributed by atoms with Gasteiger partial charge < -0.3 is 14.6 Å². The van der Waals surface area contributed by atoms with Gasteiger partial charge in [0.2, 0.25) is 0 Å². The highest BCUT2D eigenvalue weighted by atomic mass is 35.5. The van der Waals surface area contributed by atoms with Crippen LogP contribution in [0.3, 0.4) is 0 Å². The molecule has 0 aliphatic carbocycles. The van der Waals surface area contributed by atoms with Gasteiger partial charge in [-0.15, -0.1) is 0 Å². The maximum atomic E-state index is 12.4. The van der Waals surface area contributed by atoms with Gasteiger partial charge in [0.1, 0.15) is 5.75 Å². The third-order valence-corrected chi connectivity index (χ3v) is 4.89. The van der Waals surface area contributed by atoms with Crippen molar-refractivity contribution < 1.29 is 9.53 Å². The monoisotopic (exact) mass is 366 g/mol. The largest absolute Gasteiger partial charge is 0.484 e. The molecule has 3 aromatic rings. The smallest absolute Gasteiger partial charge is 0.260 e. The molecule has 26 heavy (non-hydrogen) atoms. The molecule has 1 aromatic heterocycles. The number of hydrogen-bond acceptors (Lipinski definition) is 2. The third-order valence-electron chi connectivity index (χ3n) is 4.66. The molecular weight excluding hydrogens is 348 g/mol. The Morgan fingerprint density at radius 3 is 2.81 bits per heavy atom. The van der Waals surface area contributed by atoms with Crippen LogP contribution in [0.4, 0.5) is 0 Å². The molecular formula is C21H19ClN2O2. The molecule has 0 atom stereocenters. The molecule has 0 spiro atoms. The fourth-order valence-corrected chi connectivity index (χ4v) is 3.43. The van der Waals surface area contributed by atoms with E-state index in [1.807, 2.05) is 59.6 Å². The summed E-state index contributed by atoms with van der Waals surface area (Å²) >= 11 is 6.05. The van der Waals surface area contributed by atoms with Crippen LogP contribution in [0.25, 0.3) is 16.5 Å². The quantitative estimate of drug-likeness (QED) is 0.738. The first-order valence-electron chi connectivity index (χ1n) is 8.62. The van der Waals surface area contributed by atoms with Crippen molar-refractivity contribution in [2.45, 2.75) is 6.42 Å². The summed E-state index contributed by atoms with van der Waals surface area (Å²) in [7, 11) is 0. The topological polar surface area (TPSA) is 45.3 Å². The van der Waals surface area contributed by atoms with Crippen LogP contribution in [-0.4, -0.2) is 35.5 Å². The summed E-state index contributed by atoms with van der Waals surface area (Å²) < 4.78 is 5.56. The van der Waals surface area contributed by atoms with Gasteiger partial charge in [0.15, 0.2) is 6.61 Å².